The van der Waals surface area contributed by atoms with E-state index in [1.165, 1.54) is 4.31 Å². The molecular formula is C22H25N3O5S. The van der Waals surface area contributed by atoms with E-state index in [0.29, 0.717) is 43.9 Å². The molecule has 0 radical (unpaired) electrons. The summed E-state index contributed by atoms with van der Waals surface area (Å²) in [6, 6.07) is 12.9. The van der Waals surface area contributed by atoms with Crippen LogP contribution in [-0.4, -0.2) is 43.8 Å². The SMILES string of the molecule is Cc1ccc(Oc2ccc(S(=O)(=O)N3CCCC(C4NC(=O)NC4=O)CC3)cc2)cc1. The zero-order chi connectivity index (χ0) is 22.0. The van der Waals surface area contributed by atoms with E-state index in [4.69, 9.17) is 4.74 Å². The first-order valence-electron chi connectivity index (χ1n) is 10.3. The first kappa shape index (κ1) is 21.3. The van der Waals surface area contributed by atoms with Crippen molar-refractivity contribution < 1.29 is 22.7 Å². The highest BCUT2D eigenvalue weighted by Gasteiger charge is 2.38. The number of benzene rings is 2. The van der Waals surface area contributed by atoms with E-state index >= 15 is 0 Å². The van der Waals surface area contributed by atoms with Crippen LogP contribution in [0.15, 0.2) is 53.4 Å². The monoisotopic (exact) mass is 443 g/mol. The van der Waals surface area contributed by atoms with Crippen LogP contribution >= 0.6 is 0 Å². The maximum Gasteiger partial charge on any atom is 0.322 e. The second-order valence-electron chi connectivity index (χ2n) is 7.92. The molecule has 8 nitrogen and oxygen atoms in total. The van der Waals surface area contributed by atoms with Gasteiger partial charge in [0.25, 0.3) is 5.91 Å². The van der Waals surface area contributed by atoms with Gasteiger partial charge >= 0.3 is 6.03 Å². The van der Waals surface area contributed by atoms with Crippen LogP contribution in [-0.2, 0) is 14.8 Å². The topological polar surface area (TPSA) is 105 Å². The van der Waals surface area contributed by atoms with Crippen molar-refractivity contribution in [3.8, 4) is 11.5 Å². The number of nitrogens with one attached hydrogen (secondary N) is 2. The summed E-state index contributed by atoms with van der Waals surface area (Å²) < 4.78 is 33.5. The Bertz CT molecular complexity index is 1070. The van der Waals surface area contributed by atoms with E-state index in [0.717, 1.165) is 5.56 Å². The first-order valence-corrected chi connectivity index (χ1v) is 11.7. The van der Waals surface area contributed by atoms with Gasteiger partial charge in [0.2, 0.25) is 10.0 Å². The number of hydrogen-bond acceptors (Lipinski definition) is 5. The number of aryl methyl sites for hydroxylation is 1. The number of nitrogens with zero attached hydrogens (tertiary/aromatic N) is 1. The summed E-state index contributed by atoms with van der Waals surface area (Å²) in [6.45, 7) is 2.67. The van der Waals surface area contributed by atoms with Crippen molar-refractivity contribution in [2.24, 2.45) is 5.92 Å². The molecule has 4 rings (SSSR count). The molecule has 2 fully saturated rings. The zero-order valence-electron chi connectivity index (χ0n) is 17.2. The van der Waals surface area contributed by atoms with Crippen molar-refractivity contribution in [1.82, 2.24) is 14.9 Å². The third-order valence-electron chi connectivity index (χ3n) is 5.73. The van der Waals surface area contributed by atoms with Crippen LogP contribution in [0.25, 0.3) is 0 Å². The summed E-state index contributed by atoms with van der Waals surface area (Å²) >= 11 is 0. The Labute approximate surface area is 181 Å². The van der Waals surface area contributed by atoms with E-state index < -0.39 is 22.1 Å². The van der Waals surface area contributed by atoms with Crippen molar-refractivity contribution >= 4 is 22.0 Å². The summed E-state index contributed by atoms with van der Waals surface area (Å²) in [5.41, 5.74) is 1.13. The largest absolute Gasteiger partial charge is 0.457 e. The van der Waals surface area contributed by atoms with Crippen LogP contribution in [0.5, 0.6) is 11.5 Å². The van der Waals surface area contributed by atoms with E-state index in [1.807, 2.05) is 31.2 Å². The fraction of sp³-hybridized carbons (Fsp3) is 0.364. The highest BCUT2D eigenvalue weighted by molar-refractivity contribution is 7.89. The molecule has 0 spiro atoms. The van der Waals surface area contributed by atoms with Crippen molar-refractivity contribution in [2.75, 3.05) is 13.1 Å². The maximum absolute atomic E-state index is 13.1. The van der Waals surface area contributed by atoms with Gasteiger partial charge in [-0.2, -0.15) is 4.31 Å². The highest BCUT2D eigenvalue weighted by Crippen LogP contribution is 2.28. The molecule has 2 heterocycles. The molecule has 2 N–H and O–H groups in total. The summed E-state index contributed by atoms with van der Waals surface area (Å²) in [6.07, 6.45) is 1.80. The molecule has 2 atom stereocenters. The number of hydrogen-bond donors (Lipinski definition) is 2. The molecule has 9 heteroatoms. The number of ether oxygens (including phenoxy) is 1. The minimum atomic E-state index is -3.66. The molecule has 2 saturated heterocycles. The number of carbonyl (C=O) groups is 2. The fourth-order valence-corrected chi connectivity index (χ4v) is 5.50. The predicted molar refractivity (Wildman–Crippen MR) is 114 cm³/mol. The van der Waals surface area contributed by atoms with Gasteiger partial charge in [-0.25, -0.2) is 13.2 Å². The molecule has 0 bridgehead atoms. The third kappa shape index (κ3) is 4.72. The number of rotatable bonds is 5. The van der Waals surface area contributed by atoms with Gasteiger partial charge in [-0.05, 0) is 68.5 Å². The Morgan fingerprint density at radius 2 is 1.58 bits per heavy atom. The van der Waals surface area contributed by atoms with E-state index in [9.17, 15) is 18.0 Å². The van der Waals surface area contributed by atoms with Crippen molar-refractivity contribution in [1.29, 1.82) is 0 Å². The lowest BCUT2D eigenvalue weighted by Gasteiger charge is -2.21. The Morgan fingerprint density at radius 3 is 2.19 bits per heavy atom. The molecule has 31 heavy (non-hydrogen) atoms. The lowest BCUT2D eigenvalue weighted by Crippen LogP contribution is -2.38. The fourth-order valence-electron chi connectivity index (χ4n) is 4.01. The Kier molecular flexibility index (Phi) is 5.97. The second-order valence-corrected chi connectivity index (χ2v) is 9.86. The Morgan fingerprint density at radius 1 is 0.935 bits per heavy atom. The molecule has 2 aromatic rings. The van der Waals surface area contributed by atoms with Gasteiger partial charge in [0, 0.05) is 13.1 Å². The average molecular weight is 444 g/mol. The van der Waals surface area contributed by atoms with E-state index in [-0.39, 0.29) is 16.7 Å². The predicted octanol–water partition coefficient (Wildman–Crippen LogP) is 2.79. The smallest absolute Gasteiger partial charge is 0.322 e. The standard InChI is InChI=1S/C22H25N3O5S/c1-15-4-6-17(7-5-15)30-18-8-10-19(11-9-18)31(28,29)25-13-2-3-16(12-14-25)20-21(26)24-22(27)23-20/h4-11,16,20H,2-3,12-14H2,1H3,(H2,23,24,26,27). The van der Waals surface area contributed by atoms with Crippen LogP contribution in [0.1, 0.15) is 24.8 Å². The lowest BCUT2D eigenvalue weighted by molar-refractivity contribution is -0.121. The van der Waals surface area contributed by atoms with Crippen LogP contribution in [0.4, 0.5) is 4.79 Å². The van der Waals surface area contributed by atoms with Gasteiger partial charge in [-0.15, -0.1) is 0 Å². The van der Waals surface area contributed by atoms with Gasteiger partial charge in [-0.1, -0.05) is 17.7 Å². The Hall–Kier alpha value is -2.91. The molecule has 0 saturated carbocycles. The van der Waals surface area contributed by atoms with Crippen LogP contribution in [0.3, 0.4) is 0 Å². The molecule has 0 aromatic heterocycles. The second kappa shape index (κ2) is 8.68. The van der Waals surface area contributed by atoms with Gasteiger partial charge in [0.1, 0.15) is 17.5 Å². The Balaban J connectivity index is 1.42. The van der Waals surface area contributed by atoms with Crippen molar-refractivity contribution in [2.45, 2.75) is 37.1 Å². The van der Waals surface area contributed by atoms with E-state index in [1.54, 1.807) is 24.3 Å². The number of carbonyl (C=O) groups excluding carboxylic acids is 2. The molecule has 3 amide bonds. The van der Waals surface area contributed by atoms with Gasteiger partial charge in [0.05, 0.1) is 4.90 Å². The van der Waals surface area contributed by atoms with Crippen molar-refractivity contribution in [3.63, 3.8) is 0 Å². The molecular weight excluding hydrogens is 418 g/mol. The molecule has 0 aliphatic carbocycles. The van der Waals surface area contributed by atoms with Gasteiger partial charge < -0.3 is 10.1 Å². The number of amides is 3. The van der Waals surface area contributed by atoms with Gasteiger partial charge in [-0.3, -0.25) is 10.1 Å². The summed E-state index contributed by atoms with van der Waals surface area (Å²) in [4.78, 5) is 23.5. The molecule has 2 aromatic carbocycles. The van der Waals surface area contributed by atoms with Crippen LogP contribution in [0.2, 0.25) is 0 Å². The normalized spacial score (nSPS) is 22.5. The molecule has 164 valence electrons. The van der Waals surface area contributed by atoms with Crippen LogP contribution < -0.4 is 15.4 Å². The van der Waals surface area contributed by atoms with Gasteiger partial charge in [0.15, 0.2) is 0 Å². The van der Waals surface area contributed by atoms with Crippen molar-refractivity contribution in [3.05, 3.63) is 54.1 Å². The number of imide groups is 1. The summed E-state index contributed by atoms with van der Waals surface area (Å²) in [7, 11) is -3.66. The average Bonchev–Trinajstić information content (AvgIpc) is 2.93. The zero-order valence-corrected chi connectivity index (χ0v) is 18.0. The molecule has 2 aliphatic rings. The lowest BCUT2D eigenvalue weighted by atomic mass is 9.92. The number of urea groups is 1. The first-order chi connectivity index (χ1) is 14.8. The molecule has 2 unspecified atom stereocenters. The molecule has 2 aliphatic heterocycles. The quantitative estimate of drug-likeness (QED) is 0.692. The minimum Gasteiger partial charge on any atom is -0.457 e. The summed E-state index contributed by atoms with van der Waals surface area (Å²) in [5.74, 6) is 0.817. The third-order valence-corrected chi connectivity index (χ3v) is 7.64. The summed E-state index contributed by atoms with van der Waals surface area (Å²) in [5, 5.41) is 4.88. The maximum atomic E-state index is 13.1. The van der Waals surface area contributed by atoms with Crippen LogP contribution in [0, 0.1) is 12.8 Å². The van der Waals surface area contributed by atoms with E-state index in [2.05, 4.69) is 10.6 Å². The highest BCUT2D eigenvalue weighted by atomic mass is 32.2. The minimum absolute atomic E-state index is 0.0862. The number of sulfonamides is 1.